The Morgan fingerprint density at radius 2 is 1.43 bits per heavy atom. The lowest BCUT2D eigenvalue weighted by atomic mass is 9.77. The van der Waals surface area contributed by atoms with Crippen molar-refractivity contribution in [3.63, 3.8) is 0 Å². The molecule has 0 aromatic carbocycles. The van der Waals surface area contributed by atoms with Gasteiger partial charge in [-0.1, -0.05) is 32.1 Å². The van der Waals surface area contributed by atoms with E-state index in [0.29, 0.717) is 5.78 Å². The van der Waals surface area contributed by atoms with Crippen LogP contribution in [-0.2, 0) is 4.79 Å². The van der Waals surface area contributed by atoms with Crippen LogP contribution in [0.4, 0.5) is 0 Å². The third-order valence-corrected chi connectivity index (χ3v) is 4.05. The first kappa shape index (κ1) is 10.2. The summed E-state index contributed by atoms with van der Waals surface area (Å²) in [5, 5.41) is 0. The van der Waals surface area contributed by atoms with E-state index >= 15 is 0 Å². The summed E-state index contributed by atoms with van der Waals surface area (Å²) in [4.78, 5) is 11.1. The largest absolute Gasteiger partial charge is 0.300 e. The summed E-state index contributed by atoms with van der Waals surface area (Å²) < 4.78 is 0. The van der Waals surface area contributed by atoms with Crippen LogP contribution < -0.4 is 0 Å². The summed E-state index contributed by atoms with van der Waals surface area (Å²) in [5.74, 6) is 2.39. The highest BCUT2D eigenvalue weighted by Gasteiger charge is 2.23. The topological polar surface area (TPSA) is 17.1 Å². The van der Waals surface area contributed by atoms with Crippen molar-refractivity contribution in [2.24, 2.45) is 11.8 Å². The van der Waals surface area contributed by atoms with Gasteiger partial charge in [0.1, 0.15) is 5.78 Å². The van der Waals surface area contributed by atoms with Crippen molar-refractivity contribution in [1.29, 1.82) is 0 Å². The summed E-state index contributed by atoms with van der Waals surface area (Å²) in [7, 11) is 0. The molecule has 0 radical (unpaired) electrons. The van der Waals surface area contributed by atoms with E-state index in [9.17, 15) is 4.79 Å². The molecule has 0 atom stereocenters. The van der Waals surface area contributed by atoms with E-state index in [0.717, 1.165) is 24.7 Å². The van der Waals surface area contributed by atoms with E-state index in [4.69, 9.17) is 0 Å². The molecule has 0 bridgehead atoms. The zero-order valence-electron chi connectivity index (χ0n) is 9.13. The van der Waals surface area contributed by atoms with E-state index in [-0.39, 0.29) is 0 Å². The summed E-state index contributed by atoms with van der Waals surface area (Å²) in [6.45, 7) is 0. The molecule has 0 aromatic heterocycles. The van der Waals surface area contributed by atoms with Crippen LogP contribution in [0, 0.1) is 11.8 Å². The Morgan fingerprint density at radius 1 is 0.857 bits per heavy atom. The van der Waals surface area contributed by atoms with Crippen molar-refractivity contribution in [2.75, 3.05) is 0 Å². The second kappa shape index (κ2) is 4.95. The smallest absolute Gasteiger partial charge is 0.132 e. The van der Waals surface area contributed by atoms with Gasteiger partial charge in [-0.05, 0) is 31.1 Å². The van der Waals surface area contributed by atoms with Gasteiger partial charge in [0.05, 0.1) is 0 Å². The van der Waals surface area contributed by atoms with Crippen LogP contribution in [0.1, 0.15) is 64.2 Å². The van der Waals surface area contributed by atoms with E-state index in [1.807, 2.05) is 0 Å². The fourth-order valence-electron chi connectivity index (χ4n) is 3.13. The van der Waals surface area contributed by atoms with Crippen molar-refractivity contribution < 1.29 is 4.79 Å². The monoisotopic (exact) mass is 194 g/mol. The van der Waals surface area contributed by atoms with Gasteiger partial charge in [-0.3, -0.25) is 4.79 Å². The predicted molar refractivity (Wildman–Crippen MR) is 58.2 cm³/mol. The molecule has 2 rings (SSSR count). The SMILES string of the molecule is O=C1CCC(CC2CCCCC2)CC1. The number of rotatable bonds is 2. The van der Waals surface area contributed by atoms with Gasteiger partial charge in [0.15, 0.2) is 0 Å². The van der Waals surface area contributed by atoms with Crippen molar-refractivity contribution in [1.82, 2.24) is 0 Å². The zero-order chi connectivity index (χ0) is 9.80. The van der Waals surface area contributed by atoms with Gasteiger partial charge < -0.3 is 0 Å². The molecule has 2 saturated carbocycles. The van der Waals surface area contributed by atoms with Gasteiger partial charge in [-0.15, -0.1) is 0 Å². The molecule has 1 heteroatoms. The van der Waals surface area contributed by atoms with Crippen LogP contribution in [0.5, 0.6) is 0 Å². The number of carbonyl (C=O) groups excluding carboxylic acids is 1. The fraction of sp³-hybridized carbons (Fsp3) is 0.923. The molecule has 0 saturated heterocycles. The van der Waals surface area contributed by atoms with Gasteiger partial charge in [0.2, 0.25) is 0 Å². The molecule has 2 aliphatic carbocycles. The molecule has 0 aliphatic heterocycles. The Hall–Kier alpha value is -0.330. The van der Waals surface area contributed by atoms with E-state index in [1.54, 1.807) is 0 Å². The molecule has 0 unspecified atom stereocenters. The van der Waals surface area contributed by atoms with Crippen LogP contribution in [0.25, 0.3) is 0 Å². The van der Waals surface area contributed by atoms with Crippen molar-refractivity contribution >= 4 is 5.78 Å². The molecule has 2 fully saturated rings. The number of hydrogen-bond acceptors (Lipinski definition) is 1. The third kappa shape index (κ3) is 2.83. The zero-order valence-corrected chi connectivity index (χ0v) is 9.13. The Morgan fingerprint density at radius 3 is 2.07 bits per heavy atom. The summed E-state index contributed by atoms with van der Waals surface area (Å²) in [6, 6.07) is 0. The molecule has 0 aromatic rings. The van der Waals surface area contributed by atoms with Crippen molar-refractivity contribution in [3.05, 3.63) is 0 Å². The second-order valence-corrected chi connectivity index (χ2v) is 5.22. The first-order valence-electron chi connectivity index (χ1n) is 6.36. The Bertz CT molecular complexity index is 181. The molecular formula is C13H22O. The lowest BCUT2D eigenvalue weighted by Gasteiger charge is -2.28. The molecule has 0 spiro atoms. The second-order valence-electron chi connectivity index (χ2n) is 5.22. The molecule has 0 N–H and O–H groups in total. The van der Waals surface area contributed by atoms with Gasteiger partial charge in [0.25, 0.3) is 0 Å². The Balaban J connectivity index is 1.71. The van der Waals surface area contributed by atoms with Crippen LogP contribution in [0.2, 0.25) is 0 Å². The maximum absolute atomic E-state index is 11.1. The predicted octanol–water partition coefficient (Wildman–Crippen LogP) is 3.72. The molecular weight excluding hydrogens is 172 g/mol. The molecule has 1 nitrogen and oxygen atoms in total. The number of hydrogen-bond donors (Lipinski definition) is 0. The van der Waals surface area contributed by atoms with E-state index in [2.05, 4.69) is 0 Å². The Labute approximate surface area is 87.3 Å². The third-order valence-electron chi connectivity index (χ3n) is 4.05. The van der Waals surface area contributed by atoms with Crippen LogP contribution in [0.15, 0.2) is 0 Å². The molecule has 14 heavy (non-hydrogen) atoms. The minimum Gasteiger partial charge on any atom is -0.300 e. The highest BCUT2D eigenvalue weighted by molar-refractivity contribution is 5.78. The first-order valence-corrected chi connectivity index (χ1v) is 6.36. The fourth-order valence-corrected chi connectivity index (χ4v) is 3.13. The van der Waals surface area contributed by atoms with Crippen LogP contribution in [-0.4, -0.2) is 5.78 Å². The van der Waals surface area contributed by atoms with Gasteiger partial charge in [-0.2, -0.15) is 0 Å². The maximum Gasteiger partial charge on any atom is 0.132 e. The molecule has 80 valence electrons. The average Bonchev–Trinajstić information content (AvgIpc) is 2.23. The minimum absolute atomic E-state index is 0.505. The lowest BCUT2D eigenvalue weighted by molar-refractivity contribution is -0.121. The lowest BCUT2D eigenvalue weighted by Crippen LogP contribution is -2.18. The standard InChI is InChI=1S/C13H22O/c14-13-8-6-12(7-9-13)10-11-4-2-1-3-5-11/h11-12H,1-10H2. The van der Waals surface area contributed by atoms with Crippen molar-refractivity contribution in [2.45, 2.75) is 64.2 Å². The summed E-state index contributed by atoms with van der Waals surface area (Å²) in [5.41, 5.74) is 0. The summed E-state index contributed by atoms with van der Waals surface area (Å²) in [6.07, 6.45) is 12.8. The molecule has 2 aliphatic rings. The number of Topliss-reactive ketones (excluding diaryl/α,β-unsaturated/α-hetero) is 1. The maximum atomic E-state index is 11.1. The Kier molecular flexibility index (Phi) is 3.61. The van der Waals surface area contributed by atoms with E-state index < -0.39 is 0 Å². The summed E-state index contributed by atoms with van der Waals surface area (Å²) >= 11 is 0. The molecule has 0 heterocycles. The highest BCUT2D eigenvalue weighted by atomic mass is 16.1. The van der Waals surface area contributed by atoms with Gasteiger partial charge in [-0.25, -0.2) is 0 Å². The quantitative estimate of drug-likeness (QED) is 0.655. The average molecular weight is 194 g/mol. The van der Waals surface area contributed by atoms with E-state index in [1.165, 1.54) is 51.4 Å². The minimum atomic E-state index is 0.505. The van der Waals surface area contributed by atoms with Crippen LogP contribution >= 0.6 is 0 Å². The normalized spacial score (nSPS) is 26.7. The van der Waals surface area contributed by atoms with Gasteiger partial charge in [0, 0.05) is 12.8 Å². The van der Waals surface area contributed by atoms with Crippen LogP contribution in [0.3, 0.4) is 0 Å². The first-order chi connectivity index (χ1) is 6.84. The highest BCUT2D eigenvalue weighted by Crippen LogP contribution is 2.34. The molecule has 0 amide bonds. The van der Waals surface area contributed by atoms with Gasteiger partial charge >= 0.3 is 0 Å². The van der Waals surface area contributed by atoms with Crippen molar-refractivity contribution in [3.8, 4) is 0 Å². The number of carbonyl (C=O) groups is 1. The number of ketones is 1.